The lowest BCUT2D eigenvalue weighted by molar-refractivity contribution is -0.143. The van der Waals surface area contributed by atoms with Crippen molar-refractivity contribution in [2.24, 2.45) is 0 Å². The molecule has 0 radical (unpaired) electrons. The molecule has 0 saturated heterocycles. The highest BCUT2D eigenvalue weighted by Crippen LogP contribution is 2.28. The Kier molecular flexibility index (Phi) is 10.6. The Bertz CT molecular complexity index is 958. The van der Waals surface area contributed by atoms with Gasteiger partial charge in [0.2, 0.25) is 5.91 Å². The summed E-state index contributed by atoms with van der Waals surface area (Å²) in [4.78, 5) is 27.7. The quantitative estimate of drug-likeness (QED) is 0.358. The third-order valence-electron chi connectivity index (χ3n) is 4.97. The molecule has 0 aliphatic rings. The minimum Gasteiger partial charge on any atom is -0.483 e. The molecule has 9 heteroatoms. The van der Waals surface area contributed by atoms with Gasteiger partial charge >= 0.3 is 0 Å². The number of nitrogens with one attached hydrogen (secondary N) is 1. The fraction of sp³-hybridized carbons (Fsp3) is 0.391. The van der Waals surface area contributed by atoms with Crippen molar-refractivity contribution in [3.05, 3.63) is 61.5 Å². The SMILES string of the molecule is CC[C@H](C(=O)N[C@@H](C)CC)N(Cc1ccc(Cl)c(Cl)c1)C(=O)COc1ccc(Cl)cc1Br. The lowest BCUT2D eigenvalue weighted by Gasteiger charge is -2.31. The molecule has 2 atom stereocenters. The molecule has 0 aliphatic heterocycles. The summed E-state index contributed by atoms with van der Waals surface area (Å²) >= 11 is 21.5. The van der Waals surface area contributed by atoms with Crippen LogP contribution in [0.2, 0.25) is 15.1 Å². The zero-order chi connectivity index (χ0) is 23.8. The van der Waals surface area contributed by atoms with E-state index in [2.05, 4.69) is 21.2 Å². The first kappa shape index (κ1) is 26.8. The third-order valence-corrected chi connectivity index (χ3v) is 6.56. The number of carbonyl (C=O) groups is 2. The van der Waals surface area contributed by atoms with E-state index in [1.54, 1.807) is 36.4 Å². The first-order valence-electron chi connectivity index (χ1n) is 10.3. The zero-order valence-corrected chi connectivity index (χ0v) is 22.0. The molecule has 5 nitrogen and oxygen atoms in total. The van der Waals surface area contributed by atoms with Gasteiger partial charge in [-0.1, -0.05) is 54.7 Å². The Morgan fingerprint density at radius 3 is 2.38 bits per heavy atom. The van der Waals surface area contributed by atoms with Gasteiger partial charge in [-0.25, -0.2) is 0 Å². The van der Waals surface area contributed by atoms with E-state index in [9.17, 15) is 9.59 Å². The van der Waals surface area contributed by atoms with E-state index in [1.807, 2.05) is 20.8 Å². The van der Waals surface area contributed by atoms with E-state index in [0.29, 0.717) is 31.7 Å². The van der Waals surface area contributed by atoms with Crippen LogP contribution >= 0.6 is 50.7 Å². The van der Waals surface area contributed by atoms with Crippen LogP contribution in [0.3, 0.4) is 0 Å². The Morgan fingerprint density at radius 1 is 1.06 bits per heavy atom. The predicted octanol–water partition coefficient (Wildman–Crippen LogP) is 6.51. The largest absolute Gasteiger partial charge is 0.483 e. The maximum atomic E-state index is 13.2. The monoisotopic (exact) mass is 562 g/mol. The van der Waals surface area contributed by atoms with Crippen LogP contribution in [0.1, 0.15) is 39.2 Å². The molecule has 2 amide bonds. The van der Waals surface area contributed by atoms with Gasteiger partial charge in [0.15, 0.2) is 6.61 Å². The minimum atomic E-state index is -0.664. The molecule has 0 aromatic heterocycles. The maximum absolute atomic E-state index is 13.2. The highest BCUT2D eigenvalue weighted by atomic mass is 79.9. The Labute approximate surface area is 212 Å². The number of halogens is 4. The van der Waals surface area contributed by atoms with Crippen molar-refractivity contribution in [1.82, 2.24) is 10.2 Å². The molecule has 2 aromatic carbocycles. The topological polar surface area (TPSA) is 58.6 Å². The van der Waals surface area contributed by atoms with Crippen molar-refractivity contribution in [2.45, 2.75) is 52.2 Å². The number of ether oxygens (including phenoxy) is 1. The highest BCUT2D eigenvalue weighted by Gasteiger charge is 2.29. The van der Waals surface area contributed by atoms with E-state index in [1.165, 1.54) is 4.90 Å². The van der Waals surface area contributed by atoms with Gasteiger partial charge in [0.25, 0.3) is 5.91 Å². The van der Waals surface area contributed by atoms with Gasteiger partial charge < -0.3 is 15.0 Å². The van der Waals surface area contributed by atoms with E-state index in [0.717, 1.165) is 12.0 Å². The Morgan fingerprint density at radius 2 is 1.78 bits per heavy atom. The average Bonchev–Trinajstić information content (AvgIpc) is 2.75. The van der Waals surface area contributed by atoms with Gasteiger partial charge in [-0.3, -0.25) is 9.59 Å². The number of amides is 2. The summed E-state index contributed by atoms with van der Waals surface area (Å²) < 4.78 is 6.35. The lowest BCUT2D eigenvalue weighted by Crippen LogP contribution is -2.51. The molecular formula is C23H26BrCl3N2O3. The normalized spacial score (nSPS) is 12.7. The Balaban J connectivity index is 2.26. The van der Waals surface area contributed by atoms with Crippen LogP contribution in [0.5, 0.6) is 5.75 Å². The van der Waals surface area contributed by atoms with E-state index in [4.69, 9.17) is 39.5 Å². The molecule has 0 unspecified atom stereocenters. The molecule has 0 heterocycles. The fourth-order valence-electron chi connectivity index (χ4n) is 3.01. The molecule has 1 N–H and O–H groups in total. The van der Waals surface area contributed by atoms with Crippen LogP contribution < -0.4 is 10.1 Å². The second-order valence-electron chi connectivity index (χ2n) is 7.38. The Hall–Kier alpha value is -1.47. The van der Waals surface area contributed by atoms with Crippen molar-refractivity contribution in [3.63, 3.8) is 0 Å². The first-order chi connectivity index (χ1) is 15.2. The molecule has 0 aliphatic carbocycles. The van der Waals surface area contributed by atoms with Gasteiger partial charge in [0.05, 0.1) is 14.5 Å². The second kappa shape index (κ2) is 12.7. The van der Waals surface area contributed by atoms with E-state index >= 15 is 0 Å². The molecule has 0 fully saturated rings. The smallest absolute Gasteiger partial charge is 0.261 e. The van der Waals surface area contributed by atoms with Crippen LogP contribution in [0.15, 0.2) is 40.9 Å². The summed E-state index contributed by atoms with van der Waals surface area (Å²) in [6.45, 7) is 5.73. The van der Waals surface area contributed by atoms with Crippen molar-refractivity contribution >= 4 is 62.5 Å². The van der Waals surface area contributed by atoms with Crippen LogP contribution in [0.4, 0.5) is 0 Å². The van der Waals surface area contributed by atoms with Gasteiger partial charge in [-0.2, -0.15) is 0 Å². The summed E-state index contributed by atoms with van der Waals surface area (Å²) in [7, 11) is 0. The highest BCUT2D eigenvalue weighted by molar-refractivity contribution is 9.10. The van der Waals surface area contributed by atoms with Crippen LogP contribution in [-0.2, 0) is 16.1 Å². The molecule has 2 aromatic rings. The van der Waals surface area contributed by atoms with E-state index in [-0.39, 0.29) is 31.0 Å². The van der Waals surface area contributed by atoms with Crippen LogP contribution in [0, 0.1) is 0 Å². The summed E-state index contributed by atoms with van der Waals surface area (Å²) in [6.07, 6.45) is 1.23. The third kappa shape index (κ3) is 7.55. The van der Waals surface area contributed by atoms with Crippen LogP contribution in [-0.4, -0.2) is 35.4 Å². The summed E-state index contributed by atoms with van der Waals surface area (Å²) in [5.41, 5.74) is 0.759. The predicted molar refractivity (Wildman–Crippen MR) is 134 cm³/mol. The summed E-state index contributed by atoms with van der Waals surface area (Å²) in [6, 6.07) is 9.52. The number of nitrogens with zero attached hydrogens (tertiary/aromatic N) is 1. The van der Waals surface area contributed by atoms with Gasteiger partial charge in [-0.15, -0.1) is 0 Å². The number of benzene rings is 2. The molecular weight excluding hydrogens is 539 g/mol. The molecule has 32 heavy (non-hydrogen) atoms. The van der Waals surface area contributed by atoms with Crippen molar-refractivity contribution in [1.29, 1.82) is 0 Å². The zero-order valence-electron chi connectivity index (χ0n) is 18.1. The minimum absolute atomic E-state index is 0.000231. The second-order valence-corrected chi connectivity index (χ2v) is 9.48. The molecule has 0 saturated carbocycles. The molecule has 0 spiro atoms. The molecule has 0 bridgehead atoms. The summed E-state index contributed by atoms with van der Waals surface area (Å²) in [5.74, 6) is -0.0543. The number of hydrogen-bond donors (Lipinski definition) is 1. The number of hydrogen-bond acceptors (Lipinski definition) is 3. The number of carbonyl (C=O) groups excluding carboxylic acids is 2. The first-order valence-corrected chi connectivity index (χ1v) is 12.2. The number of rotatable bonds is 10. The van der Waals surface area contributed by atoms with Gasteiger partial charge in [-0.05, 0) is 71.6 Å². The van der Waals surface area contributed by atoms with E-state index < -0.39 is 6.04 Å². The van der Waals surface area contributed by atoms with Crippen molar-refractivity contribution in [3.8, 4) is 5.75 Å². The molecule has 174 valence electrons. The van der Waals surface area contributed by atoms with Crippen molar-refractivity contribution < 1.29 is 14.3 Å². The lowest BCUT2D eigenvalue weighted by atomic mass is 10.1. The average molecular weight is 565 g/mol. The van der Waals surface area contributed by atoms with Crippen molar-refractivity contribution in [2.75, 3.05) is 6.61 Å². The fourth-order valence-corrected chi connectivity index (χ4v) is 4.13. The summed E-state index contributed by atoms with van der Waals surface area (Å²) in [5, 5.41) is 4.32. The standard InChI is InChI=1S/C23H26BrCl3N2O3/c1-4-14(3)28-23(31)20(5-2)29(12-15-6-8-18(26)19(27)10-15)22(30)13-32-21-9-7-16(25)11-17(21)24/h6-11,14,20H,4-5,12-13H2,1-3H3,(H,28,31)/t14-,20+/m0/s1. The van der Waals surface area contributed by atoms with Crippen LogP contribution in [0.25, 0.3) is 0 Å². The van der Waals surface area contributed by atoms with Gasteiger partial charge in [0.1, 0.15) is 11.8 Å². The molecule has 2 rings (SSSR count). The van der Waals surface area contributed by atoms with Gasteiger partial charge in [0, 0.05) is 17.6 Å². The maximum Gasteiger partial charge on any atom is 0.261 e.